The average Bonchev–Trinajstić information content (AvgIpc) is 2.52. The van der Waals surface area contributed by atoms with Crippen molar-refractivity contribution in [1.82, 2.24) is 0 Å². The Balaban J connectivity index is 1.96. The zero-order chi connectivity index (χ0) is 18.1. The first-order valence-corrected chi connectivity index (χ1v) is 13.0. The van der Waals surface area contributed by atoms with Crippen molar-refractivity contribution in [2.24, 2.45) is 5.92 Å². The van der Waals surface area contributed by atoms with Crippen molar-refractivity contribution in [3.63, 3.8) is 0 Å². The fourth-order valence-corrected chi connectivity index (χ4v) is 3.78. The Kier molecular flexibility index (Phi) is 10.1. The molecule has 1 aliphatic heterocycles. The second-order valence-electron chi connectivity index (χ2n) is 9.05. The Morgan fingerprint density at radius 1 is 1.08 bits per heavy atom. The van der Waals surface area contributed by atoms with Crippen LogP contribution in [0.4, 0.5) is 0 Å². The predicted octanol–water partition coefficient (Wildman–Crippen LogP) is 6.14. The number of rotatable bonds is 11. The molecule has 2 atom stereocenters. The first-order valence-electron chi connectivity index (χ1n) is 10.1. The SMILES string of the molecule is C[C@H](CCCCCCO[Si](C)(C)C(C)(C)C)COC1CCCCO1. The van der Waals surface area contributed by atoms with Crippen LogP contribution in [0, 0.1) is 5.92 Å². The molecule has 0 N–H and O–H groups in total. The first-order chi connectivity index (χ1) is 11.2. The minimum absolute atomic E-state index is 0.0636. The molecule has 0 saturated carbocycles. The molecule has 24 heavy (non-hydrogen) atoms. The average molecular weight is 359 g/mol. The summed E-state index contributed by atoms with van der Waals surface area (Å²) in [6, 6.07) is 0. The molecular weight excluding hydrogens is 316 g/mol. The van der Waals surface area contributed by atoms with Gasteiger partial charge in [-0.25, -0.2) is 0 Å². The molecule has 1 heterocycles. The van der Waals surface area contributed by atoms with Gasteiger partial charge in [-0.3, -0.25) is 0 Å². The standard InChI is InChI=1S/C20H42O3Si/c1-18(17-22-19-14-10-12-15-21-19)13-9-7-8-11-16-23-24(5,6)20(2,3)4/h18-19H,7-17H2,1-6H3/t18-,19?/m1/s1. The predicted molar refractivity (Wildman–Crippen MR) is 105 cm³/mol. The zero-order valence-electron chi connectivity index (χ0n) is 17.2. The molecule has 0 aromatic rings. The molecule has 1 aliphatic rings. The number of ether oxygens (including phenoxy) is 2. The molecule has 1 unspecified atom stereocenters. The van der Waals surface area contributed by atoms with Gasteiger partial charge in [0.05, 0.1) is 6.61 Å². The van der Waals surface area contributed by atoms with E-state index < -0.39 is 8.32 Å². The molecule has 0 aliphatic carbocycles. The van der Waals surface area contributed by atoms with E-state index >= 15 is 0 Å². The summed E-state index contributed by atoms with van der Waals surface area (Å²) >= 11 is 0. The van der Waals surface area contributed by atoms with E-state index in [1.54, 1.807) is 0 Å². The summed E-state index contributed by atoms with van der Waals surface area (Å²) < 4.78 is 17.7. The molecule has 144 valence electrons. The van der Waals surface area contributed by atoms with Gasteiger partial charge in [0, 0.05) is 13.2 Å². The number of unbranched alkanes of at least 4 members (excludes halogenated alkanes) is 3. The smallest absolute Gasteiger partial charge is 0.191 e. The lowest BCUT2D eigenvalue weighted by Crippen LogP contribution is -2.40. The number of hydrogen-bond donors (Lipinski definition) is 0. The third kappa shape index (κ3) is 8.98. The quantitative estimate of drug-likeness (QED) is 0.328. The maximum Gasteiger partial charge on any atom is 0.191 e. The summed E-state index contributed by atoms with van der Waals surface area (Å²) in [6.45, 7) is 16.5. The highest BCUT2D eigenvalue weighted by atomic mass is 28.4. The van der Waals surface area contributed by atoms with Gasteiger partial charge < -0.3 is 13.9 Å². The van der Waals surface area contributed by atoms with Crippen LogP contribution in [0.15, 0.2) is 0 Å². The lowest BCUT2D eigenvalue weighted by molar-refractivity contribution is -0.168. The van der Waals surface area contributed by atoms with Gasteiger partial charge in [0.25, 0.3) is 0 Å². The third-order valence-corrected chi connectivity index (χ3v) is 10.1. The van der Waals surface area contributed by atoms with Gasteiger partial charge in [0.15, 0.2) is 14.6 Å². The van der Waals surface area contributed by atoms with Gasteiger partial charge in [-0.1, -0.05) is 47.0 Å². The lowest BCUT2D eigenvalue weighted by atomic mass is 10.0. The molecule has 0 aromatic carbocycles. The van der Waals surface area contributed by atoms with Crippen LogP contribution in [-0.4, -0.2) is 34.4 Å². The van der Waals surface area contributed by atoms with E-state index in [9.17, 15) is 0 Å². The van der Waals surface area contributed by atoms with Crippen LogP contribution in [-0.2, 0) is 13.9 Å². The molecule has 3 nitrogen and oxygen atoms in total. The van der Waals surface area contributed by atoms with Crippen LogP contribution in [0.25, 0.3) is 0 Å². The van der Waals surface area contributed by atoms with Crippen molar-refractivity contribution in [1.29, 1.82) is 0 Å². The van der Waals surface area contributed by atoms with E-state index in [2.05, 4.69) is 40.8 Å². The highest BCUT2D eigenvalue weighted by Gasteiger charge is 2.36. The molecule has 1 rings (SSSR count). The maximum absolute atomic E-state index is 6.23. The van der Waals surface area contributed by atoms with E-state index in [4.69, 9.17) is 13.9 Å². The summed E-state index contributed by atoms with van der Waals surface area (Å²) in [5, 5.41) is 0.324. The highest BCUT2D eigenvalue weighted by Crippen LogP contribution is 2.36. The molecule has 0 aromatic heterocycles. The zero-order valence-corrected chi connectivity index (χ0v) is 18.2. The monoisotopic (exact) mass is 358 g/mol. The van der Waals surface area contributed by atoms with Crippen molar-refractivity contribution >= 4 is 8.32 Å². The van der Waals surface area contributed by atoms with Crippen molar-refractivity contribution in [2.45, 2.75) is 103 Å². The van der Waals surface area contributed by atoms with E-state index in [1.807, 2.05) is 0 Å². The van der Waals surface area contributed by atoms with Crippen molar-refractivity contribution in [3.8, 4) is 0 Å². The Hall–Kier alpha value is 0.0969. The minimum atomic E-state index is -1.55. The summed E-state index contributed by atoms with van der Waals surface area (Å²) in [7, 11) is -1.55. The van der Waals surface area contributed by atoms with Crippen LogP contribution in [0.2, 0.25) is 18.1 Å². The van der Waals surface area contributed by atoms with E-state index in [1.165, 1.54) is 44.9 Å². The maximum atomic E-state index is 6.23. The molecule has 0 spiro atoms. The van der Waals surface area contributed by atoms with Gasteiger partial charge in [0.2, 0.25) is 0 Å². The van der Waals surface area contributed by atoms with Gasteiger partial charge in [0.1, 0.15) is 0 Å². The fraction of sp³-hybridized carbons (Fsp3) is 1.00. The summed E-state index contributed by atoms with van der Waals surface area (Å²) in [4.78, 5) is 0. The van der Waals surface area contributed by atoms with E-state index in [-0.39, 0.29) is 6.29 Å². The van der Waals surface area contributed by atoms with Crippen molar-refractivity contribution in [2.75, 3.05) is 19.8 Å². The van der Waals surface area contributed by atoms with Crippen LogP contribution in [0.3, 0.4) is 0 Å². The fourth-order valence-electron chi connectivity index (χ4n) is 2.69. The molecule has 0 radical (unpaired) electrons. The van der Waals surface area contributed by atoms with Crippen LogP contribution in [0.5, 0.6) is 0 Å². The minimum Gasteiger partial charge on any atom is -0.417 e. The Morgan fingerprint density at radius 3 is 2.42 bits per heavy atom. The molecular formula is C20H42O3Si. The normalized spacial score (nSPS) is 21.0. The lowest BCUT2D eigenvalue weighted by Gasteiger charge is -2.36. The highest BCUT2D eigenvalue weighted by molar-refractivity contribution is 6.74. The molecule has 0 amide bonds. The molecule has 0 bridgehead atoms. The summed E-state index contributed by atoms with van der Waals surface area (Å²) in [5.74, 6) is 0.638. The van der Waals surface area contributed by atoms with Crippen molar-refractivity contribution in [3.05, 3.63) is 0 Å². The topological polar surface area (TPSA) is 27.7 Å². The largest absolute Gasteiger partial charge is 0.417 e. The Morgan fingerprint density at radius 2 is 1.79 bits per heavy atom. The third-order valence-electron chi connectivity index (χ3n) is 5.56. The van der Waals surface area contributed by atoms with Crippen LogP contribution >= 0.6 is 0 Å². The van der Waals surface area contributed by atoms with Crippen molar-refractivity contribution < 1.29 is 13.9 Å². The van der Waals surface area contributed by atoms with Crippen LogP contribution in [0.1, 0.15) is 79.1 Å². The number of hydrogen-bond acceptors (Lipinski definition) is 3. The summed E-state index contributed by atoms with van der Waals surface area (Å²) in [5.41, 5.74) is 0. The molecule has 1 saturated heterocycles. The second kappa shape index (κ2) is 10.9. The Labute approximate surface area is 152 Å². The van der Waals surface area contributed by atoms with Gasteiger partial charge in [-0.15, -0.1) is 0 Å². The summed E-state index contributed by atoms with van der Waals surface area (Å²) in [6.07, 6.45) is 9.93. The van der Waals surface area contributed by atoms with Gasteiger partial charge >= 0.3 is 0 Å². The second-order valence-corrected chi connectivity index (χ2v) is 13.9. The molecule has 1 fully saturated rings. The first kappa shape index (κ1) is 22.1. The Bertz CT molecular complexity index is 319. The molecule has 4 heteroatoms. The van der Waals surface area contributed by atoms with E-state index in [0.717, 1.165) is 26.2 Å². The van der Waals surface area contributed by atoms with Crippen LogP contribution < -0.4 is 0 Å². The van der Waals surface area contributed by atoms with Gasteiger partial charge in [-0.05, 0) is 56.2 Å². The van der Waals surface area contributed by atoms with Gasteiger partial charge in [-0.2, -0.15) is 0 Å². The van der Waals surface area contributed by atoms with E-state index in [0.29, 0.717) is 11.0 Å².